The summed E-state index contributed by atoms with van der Waals surface area (Å²) >= 11 is 0. The summed E-state index contributed by atoms with van der Waals surface area (Å²) in [7, 11) is 0. The molecule has 1 aliphatic carbocycles. The molecule has 2 aromatic rings. The average Bonchev–Trinajstić information content (AvgIpc) is 3.51. The van der Waals surface area contributed by atoms with E-state index in [0.29, 0.717) is 36.6 Å². The Morgan fingerprint density at radius 1 is 1.37 bits per heavy atom. The third kappa shape index (κ3) is 4.27. The number of aromatic amines is 1. The fraction of sp³-hybridized carbons (Fsp3) is 0.375. The Kier molecular flexibility index (Phi) is 5.66. The number of ketones is 1. The fourth-order valence-electron chi connectivity index (χ4n) is 3.90. The summed E-state index contributed by atoms with van der Waals surface area (Å²) < 4.78 is 14.9. The van der Waals surface area contributed by atoms with Gasteiger partial charge < -0.3 is 4.90 Å². The van der Waals surface area contributed by atoms with Crippen LogP contribution in [0, 0.1) is 5.82 Å². The van der Waals surface area contributed by atoms with Crippen LogP contribution in [0.3, 0.4) is 0 Å². The van der Waals surface area contributed by atoms with E-state index in [-0.39, 0.29) is 23.9 Å². The second-order valence-electron chi connectivity index (χ2n) is 8.18. The van der Waals surface area contributed by atoms with Crippen LogP contribution in [0.25, 0.3) is 5.57 Å². The van der Waals surface area contributed by atoms with Crippen LogP contribution in [0.5, 0.6) is 0 Å². The monoisotopic (exact) mass is 407 g/mol. The number of hydrogen-bond donors (Lipinski definition) is 1. The molecule has 1 aliphatic heterocycles. The van der Waals surface area contributed by atoms with Crippen molar-refractivity contribution in [3.05, 3.63) is 71.3 Å². The average molecular weight is 407 g/mol. The van der Waals surface area contributed by atoms with Crippen LogP contribution in [0.15, 0.2) is 43.0 Å². The van der Waals surface area contributed by atoms with E-state index < -0.39 is 5.92 Å². The highest BCUT2D eigenvalue weighted by Gasteiger charge is 2.27. The molecule has 2 aliphatic rings. The topological polar surface area (TPSA) is 66.1 Å². The smallest absolute Gasteiger partial charge is 0.246 e. The molecule has 0 saturated heterocycles. The van der Waals surface area contributed by atoms with Crippen molar-refractivity contribution in [2.45, 2.75) is 44.4 Å². The van der Waals surface area contributed by atoms with Crippen LogP contribution in [0.4, 0.5) is 4.39 Å². The summed E-state index contributed by atoms with van der Waals surface area (Å²) in [5.74, 6) is -0.381. The molecule has 30 heavy (non-hydrogen) atoms. The molecular weight excluding hydrogens is 381 g/mol. The number of nitrogens with zero attached hydrogens (tertiary/aromatic N) is 2. The Balaban J connectivity index is 1.45. The number of Topliss-reactive ketones (excluding diaryl/α,β-unsaturated/α-hetero) is 1. The number of nitrogens with one attached hydrogen (secondary N) is 1. The van der Waals surface area contributed by atoms with Gasteiger partial charge in [0.15, 0.2) is 0 Å². The molecular formula is C24H26FN3O2. The largest absolute Gasteiger partial charge is 0.335 e. The summed E-state index contributed by atoms with van der Waals surface area (Å²) in [6.45, 7) is 6.29. The number of halogens is 1. The maximum atomic E-state index is 14.9. The molecule has 0 radical (unpaired) electrons. The number of H-pyrrole nitrogens is 1. The molecule has 1 unspecified atom stereocenters. The third-order valence-corrected chi connectivity index (χ3v) is 5.97. The molecule has 156 valence electrons. The minimum atomic E-state index is -0.416. The van der Waals surface area contributed by atoms with Gasteiger partial charge >= 0.3 is 0 Å². The molecule has 1 atom stereocenters. The normalized spacial score (nSPS) is 17.4. The second-order valence-corrected chi connectivity index (χ2v) is 8.18. The number of aromatic nitrogens is 2. The Morgan fingerprint density at radius 3 is 2.87 bits per heavy atom. The molecule has 1 amide bonds. The van der Waals surface area contributed by atoms with Gasteiger partial charge in [-0.2, -0.15) is 5.10 Å². The zero-order chi connectivity index (χ0) is 21.3. The number of hydrogen-bond acceptors (Lipinski definition) is 3. The minimum Gasteiger partial charge on any atom is -0.335 e. The highest BCUT2D eigenvalue weighted by Crippen LogP contribution is 2.39. The Hall–Kier alpha value is -3.02. The van der Waals surface area contributed by atoms with Gasteiger partial charge in [-0.1, -0.05) is 31.7 Å². The van der Waals surface area contributed by atoms with E-state index in [2.05, 4.69) is 16.8 Å². The maximum absolute atomic E-state index is 14.9. The lowest BCUT2D eigenvalue weighted by Gasteiger charge is -2.27. The van der Waals surface area contributed by atoms with Crippen molar-refractivity contribution in [2.75, 3.05) is 13.1 Å². The van der Waals surface area contributed by atoms with E-state index in [0.717, 1.165) is 29.8 Å². The lowest BCUT2D eigenvalue weighted by atomic mass is 9.91. The van der Waals surface area contributed by atoms with Gasteiger partial charge in [0.2, 0.25) is 5.91 Å². The number of rotatable bonds is 7. The van der Waals surface area contributed by atoms with Crippen LogP contribution in [-0.4, -0.2) is 39.9 Å². The van der Waals surface area contributed by atoms with Crippen LogP contribution in [0.2, 0.25) is 0 Å². The van der Waals surface area contributed by atoms with Crippen molar-refractivity contribution in [3.63, 3.8) is 0 Å². The predicted octanol–water partition coefficient (Wildman–Crippen LogP) is 4.14. The molecule has 4 rings (SSSR count). The lowest BCUT2D eigenvalue weighted by Crippen LogP contribution is -2.34. The van der Waals surface area contributed by atoms with Gasteiger partial charge in [-0.3, -0.25) is 14.7 Å². The summed E-state index contributed by atoms with van der Waals surface area (Å²) in [5.41, 5.74) is 3.75. The summed E-state index contributed by atoms with van der Waals surface area (Å²) in [6, 6.07) is 6.93. The van der Waals surface area contributed by atoms with Gasteiger partial charge in [0.25, 0.3) is 0 Å². The minimum absolute atomic E-state index is 0.0211. The molecule has 1 fully saturated rings. The van der Waals surface area contributed by atoms with Crippen molar-refractivity contribution in [1.82, 2.24) is 15.1 Å². The van der Waals surface area contributed by atoms with Crippen molar-refractivity contribution in [2.24, 2.45) is 0 Å². The van der Waals surface area contributed by atoms with Crippen molar-refractivity contribution in [3.8, 4) is 0 Å². The third-order valence-electron chi connectivity index (χ3n) is 5.97. The van der Waals surface area contributed by atoms with Gasteiger partial charge in [0.05, 0.1) is 5.69 Å². The molecule has 1 saturated carbocycles. The Bertz CT molecular complexity index is 1020. The number of carbonyl (C=O) groups excluding carboxylic acids is 2. The first-order chi connectivity index (χ1) is 14.5. The summed E-state index contributed by atoms with van der Waals surface area (Å²) in [6.07, 6.45) is 6.51. The zero-order valence-corrected chi connectivity index (χ0v) is 17.2. The van der Waals surface area contributed by atoms with Crippen LogP contribution >= 0.6 is 0 Å². The van der Waals surface area contributed by atoms with Gasteiger partial charge in [-0.05, 0) is 48.6 Å². The van der Waals surface area contributed by atoms with Gasteiger partial charge in [0.1, 0.15) is 11.6 Å². The van der Waals surface area contributed by atoms with E-state index in [1.165, 1.54) is 12.1 Å². The lowest BCUT2D eigenvalue weighted by molar-refractivity contribution is -0.125. The van der Waals surface area contributed by atoms with Crippen molar-refractivity contribution >= 4 is 17.3 Å². The highest BCUT2D eigenvalue weighted by molar-refractivity contribution is 5.89. The second kappa shape index (κ2) is 8.38. The molecule has 5 nitrogen and oxygen atoms in total. The first-order valence-corrected chi connectivity index (χ1v) is 10.4. The molecule has 6 heteroatoms. The van der Waals surface area contributed by atoms with E-state index >= 15 is 0 Å². The number of amides is 1. The zero-order valence-electron chi connectivity index (χ0n) is 17.2. The van der Waals surface area contributed by atoms with Gasteiger partial charge in [-0.15, -0.1) is 0 Å². The first kappa shape index (κ1) is 20.3. The van der Waals surface area contributed by atoms with E-state index in [1.54, 1.807) is 24.0 Å². The first-order valence-electron chi connectivity index (χ1n) is 10.4. The quantitative estimate of drug-likeness (QED) is 0.702. The van der Waals surface area contributed by atoms with Crippen LogP contribution in [0.1, 0.15) is 60.5 Å². The molecule has 0 bridgehead atoms. The molecule has 1 aromatic carbocycles. The molecule has 0 spiro atoms. The Labute approximate surface area is 175 Å². The molecule has 1 aromatic heterocycles. The standard InChI is InChI=1S/C24H26FN3O2/c1-3-24(30)28-10-4-5-18(14-28)20-9-8-17(11-21(20)25)15(2)23(29)13-19-12-22(27-26-19)16-6-7-16/h3,5,8-9,11-12,15-16H,1,4,6-7,10,13-14H2,2H3,(H,26,27). The van der Waals surface area contributed by atoms with Gasteiger partial charge in [-0.25, -0.2) is 4.39 Å². The fourth-order valence-corrected chi connectivity index (χ4v) is 3.90. The number of carbonyl (C=O) groups is 2. The Morgan fingerprint density at radius 2 is 2.17 bits per heavy atom. The van der Waals surface area contributed by atoms with Gasteiger partial charge in [0, 0.05) is 42.6 Å². The van der Waals surface area contributed by atoms with Crippen molar-refractivity contribution < 1.29 is 14.0 Å². The SMILES string of the molecule is C=CC(=O)N1CCC=C(c2ccc(C(C)C(=O)Cc3cc(C4CC4)n[nH]3)cc2F)C1. The molecule has 2 heterocycles. The van der Waals surface area contributed by atoms with Crippen LogP contribution < -0.4 is 0 Å². The highest BCUT2D eigenvalue weighted by atomic mass is 19.1. The number of benzene rings is 1. The van der Waals surface area contributed by atoms with E-state index in [1.807, 2.05) is 12.1 Å². The predicted molar refractivity (Wildman–Crippen MR) is 113 cm³/mol. The summed E-state index contributed by atoms with van der Waals surface area (Å²) in [4.78, 5) is 26.3. The maximum Gasteiger partial charge on any atom is 0.246 e. The van der Waals surface area contributed by atoms with E-state index in [9.17, 15) is 14.0 Å². The van der Waals surface area contributed by atoms with Crippen LogP contribution in [-0.2, 0) is 16.0 Å². The summed E-state index contributed by atoms with van der Waals surface area (Å²) in [5, 5.41) is 7.24. The van der Waals surface area contributed by atoms with Crippen molar-refractivity contribution in [1.29, 1.82) is 0 Å². The molecule has 1 N–H and O–H groups in total. The van der Waals surface area contributed by atoms with E-state index in [4.69, 9.17) is 0 Å².